The van der Waals surface area contributed by atoms with Crippen molar-refractivity contribution in [1.82, 2.24) is 29.9 Å². The van der Waals surface area contributed by atoms with E-state index in [0.29, 0.717) is 11.4 Å². The van der Waals surface area contributed by atoms with E-state index >= 15 is 0 Å². The summed E-state index contributed by atoms with van der Waals surface area (Å²) in [5.74, 6) is 0. The summed E-state index contributed by atoms with van der Waals surface area (Å²) in [6.45, 7) is 7.92. The Balaban J connectivity index is 0.000000163. The number of aliphatic hydroxyl groups excluding tert-OH is 2. The van der Waals surface area contributed by atoms with Crippen LogP contribution in [0.5, 0.6) is 0 Å². The third kappa shape index (κ3) is 15.4. The molecule has 8 aromatic heterocycles. The SMILES string of the molecule is CO.CO.Cc1ccc2c(n1)oc1c(-c3cc(-c4ccccc4)ccn3)[c-]ccc12.Cc1ccc2c(n1)oc1c(-c3cc(-c4ccccc4)ccn3)cccc12.Cc1cccc(-c2[c-]cccc2)n1.Cc1cccc(-c2[c-]cccc2)n1.[Ir].[Ir]. The van der Waals surface area contributed by atoms with E-state index in [0.717, 1.165) is 131 Å². The average Bonchev–Trinajstić information content (AvgIpc) is 4.26. The summed E-state index contributed by atoms with van der Waals surface area (Å²) in [5, 5.41) is 18.1. The summed E-state index contributed by atoms with van der Waals surface area (Å²) in [7, 11) is 2.00. The Kier molecular flexibility index (Phi) is 23.0. The largest absolute Gasteiger partial charge is 0.486 e. The zero-order chi connectivity index (χ0) is 57.2. The molecule has 12 heteroatoms. The van der Waals surface area contributed by atoms with Gasteiger partial charge in [-0.2, -0.15) is 0 Å². The van der Waals surface area contributed by atoms with Crippen molar-refractivity contribution in [3.8, 4) is 67.3 Å². The van der Waals surface area contributed by atoms with Crippen LogP contribution in [-0.4, -0.2) is 54.3 Å². The number of pyridine rings is 6. The summed E-state index contributed by atoms with van der Waals surface area (Å²) in [4.78, 5) is 27.0. The number of nitrogens with zero attached hydrogens (tertiary/aromatic N) is 6. The number of benzene rings is 6. The molecule has 0 bridgehead atoms. The van der Waals surface area contributed by atoms with Crippen molar-refractivity contribution in [3.63, 3.8) is 0 Å². The molecule has 10 nitrogen and oxygen atoms in total. The van der Waals surface area contributed by atoms with Gasteiger partial charge in [-0.3, -0.25) is 4.98 Å². The van der Waals surface area contributed by atoms with Crippen molar-refractivity contribution >= 4 is 44.1 Å². The van der Waals surface area contributed by atoms with Crippen molar-refractivity contribution in [1.29, 1.82) is 0 Å². The van der Waals surface area contributed by atoms with Crippen LogP contribution in [0.1, 0.15) is 22.8 Å². The minimum Gasteiger partial charge on any atom is -0.486 e. The van der Waals surface area contributed by atoms with Gasteiger partial charge in [-0.1, -0.05) is 114 Å². The number of fused-ring (bicyclic) bond motifs is 6. The van der Waals surface area contributed by atoms with Crippen LogP contribution < -0.4 is 0 Å². The second kappa shape index (κ2) is 30.9. The Hall–Kier alpha value is -8.96. The number of aryl methyl sites for hydroxylation is 4. The Labute approximate surface area is 516 Å². The normalized spacial score (nSPS) is 10.2. The average molecular weight is 1460 g/mol. The number of hydrogen-bond donors (Lipinski definition) is 2. The van der Waals surface area contributed by atoms with Gasteiger partial charge in [-0.15, -0.1) is 90.0 Å². The molecule has 84 heavy (non-hydrogen) atoms. The zero-order valence-corrected chi connectivity index (χ0v) is 51.9. The molecule has 0 spiro atoms. The number of rotatable bonds is 6. The molecule has 0 aliphatic rings. The number of aromatic nitrogens is 6. The first-order valence-electron chi connectivity index (χ1n) is 26.6. The minimum absolute atomic E-state index is 0. The maximum absolute atomic E-state index is 7.00. The van der Waals surface area contributed by atoms with Gasteiger partial charge in [0.1, 0.15) is 5.58 Å². The van der Waals surface area contributed by atoms with Gasteiger partial charge in [0.2, 0.25) is 11.4 Å². The van der Waals surface area contributed by atoms with Crippen molar-refractivity contribution in [2.75, 3.05) is 14.2 Å². The Morgan fingerprint density at radius 2 is 0.786 bits per heavy atom. The maximum atomic E-state index is 7.00. The maximum Gasteiger partial charge on any atom is 0.227 e. The predicted octanol–water partition coefficient (Wildman–Crippen LogP) is 16.8. The molecular weight excluding hydrogens is 1400 g/mol. The van der Waals surface area contributed by atoms with Gasteiger partial charge in [-0.05, 0) is 128 Å². The van der Waals surface area contributed by atoms with E-state index in [1.807, 2.05) is 204 Å². The van der Waals surface area contributed by atoms with Crippen molar-refractivity contribution < 1.29 is 59.3 Å². The van der Waals surface area contributed by atoms with Gasteiger partial charge in [0, 0.05) is 111 Å². The molecule has 0 saturated carbocycles. The van der Waals surface area contributed by atoms with E-state index in [4.69, 9.17) is 19.0 Å². The number of furan rings is 2. The standard InChI is InChI=1S/C23H16N2O.C23H15N2O.2C12H10N.2CH4O.2Ir/c2*1-15-10-11-19-18-8-5-9-20(22(18)26-23(19)25-15)21-14-17(12-13-24-21)16-6-3-2-4-7-16;2*1-10-6-5-9-12(13-10)11-7-3-2-4-8-11;2*1-2;;/h2-14H,1H3;2-8,10-14H,1H3;2*2-7,9H,1H3;2*2H,1H3;;/q;3*-1;;;;. The van der Waals surface area contributed by atoms with Crippen molar-refractivity contribution in [2.24, 2.45) is 0 Å². The molecule has 0 aliphatic heterocycles. The first-order chi connectivity index (χ1) is 40.3. The molecule has 0 unspecified atom stereocenters. The fourth-order valence-electron chi connectivity index (χ4n) is 9.13. The van der Waals surface area contributed by atoms with Crippen LogP contribution >= 0.6 is 0 Å². The monoisotopic (exact) mass is 1460 g/mol. The Morgan fingerprint density at radius 1 is 0.333 bits per heavy atom. The summed E-state index contributed by atoms with van der Waals surface area (Å²) in [6, 6.07) is 84.4. The van der Waals surface area contributed by atoms with Crippen molar-refractivity contribution in [2.45, 2.75) is 27.7 Å². The second-order valence-corrected chi connectivity index (χ2v) is 18.6. The summed E-state index contributed by atoms with van der Waals surface area (Å²) in [6.07, 6.45) is 3.68. The van der Waals surface area contributed by atoms with Crippen LogP contribution in [0, 0.1) is 45.9 Å². The van der Waals surface area contributed by atoms with Crippen LogP contribution in [-0.2, 0) is 40.2 Å². The van der Waals surface area contributed by atoms with Gasteiger partial charge in [0.25, 0.3) is 0 Å². The molecule has 2 radical (unpaired) electrons. The van der Waals surface area contributed by atoms with Gasteiger partial charge >= 0.3 is 0 Å². The van der Waals surface area contributed by atoms with E-state index in [-0.39, 0.29) is 40.2 Å². The quantitative estimate of drug-likeness (QED) is 0.154. The minimum atomic E-state index is 0. The van der Waals surface area contributed by atoms with E-state index in [1.54, 1.807) is 0 Å². The molecule has 422 valence electrons. The molecule has 0 saturated heterocycles. The number of aliphatic hydroxyl groups is 2. The molecule has 14 rings (SSSR count). The van der Waals surface area contributed by atoms with E-state index < -0.39 is 0 Å². The van der Waals surface area contributed by atoms with Gasteiger partial charge in [0.05, 0.1) is 11.3 Å². The molecule has 8 heterocycles. The fraction of sp³-hybridized carbons (Fsp3) is 0.0833. The second-order valence-electron chi connectivity index (χ2n) is 18.6. The number of hydrogen-bond acceptors (Lipinski definition) is 10. The molecule has 0 fully saturated rings. The van der Waals surface area contributed by atoms with Crippen LogP contribution in [0.25, 0.3) is 111 Å². The third-order valence-corrected chi connectivity index (χ3v) is 13.0. The Bertz CT molecular complexity index is 4050. The zero-order valence-electron chi connectivity index (χ0n) is 47.1. The molecule has 2 N–H and O–H groups in total. The number of para-hydroxylation sites is 1. The van der Waals surface area contributed by atoms with Crippen LogP contribution in [0.4, 0.5) is 0 Å². The first kappa shape index (κ1) is 62.6. The first-order valence-corrected chi connectivity index (χ1v) is 26.6. The molecule has 0 atom stereocenters. The fourth-order valence-corrected chi connectivity index (χ4v) is 9.13. The van der Waals surface area contributed by atoms with Crippen LogP contribution in [0.15, 0.2) is 246 Å². The molecule has 6 aromatic carbocycles. The van der Waals surface area contributed by atoms with Gasteiger partial charge < -0.3 is 34.0 Å². The summed E-state index contributed by atoms with van der Waals surface area (Å²) >= 11 is 0. The summed E-state index contributed by atoms with van der Waals surface area (Å²) in [5.41, 5.74) is 19.1. The van der Waals surface area contributed by atoms with Crippen LogP contribution in [0.2, 0.25) is 0 Å². The van der Waals surface area contributed by atoms with E-state index in [9.17, 15) is 0 Å². The van der Waals surface area contributed by atoms with E-state index in [1.165, 1.54) is 5.56 Å². The Morgan fingerprint density at radius 3 is 1.29 bits per heavy atom. The molecule has 0 amide bonds. The smallest absolute Gasteiger partial charge is 0.227 e. The van der Waals surface area contributed by atoms with Gasteiger partial charge in [0.15, 0.2) is 0 Å². The topological polar surface area (TPSA) is 144 Å². The third-order valence-electron chi connectivity index (χ3n) is 13.0. The van der Waals surface area contributed by atoms with E-state index in [2.05, 4.69) is 109 Å². The predicted molar refractivity (Wildman–Crippen MR) is 331 cm³/mol. The summed E-state index contributed by atoms with van der Waals surface area (Å²) < 4.78 is 12.2. The van der Waals surface area contributed by atoms with Crippen LogP contribution in [0.3, 0.4) is 0 Å². The van der Waals surface area contributed by atoms with Gasteiger partial charge in [-0.25, -0.2) is 9.97 Å². The van der Waals surface area contributed by atoms with Crippen molar-refractivity contribution in [3.05, 3.63) is 278 Å². The molecule has 14 aromatic rings. The molecule has 0 aliphatic carbocycles. The molecular formula is C72H59Ir2N6O4-3.